The molecule has 0 N–H and O–H groups in total. The van der Waals surface area contributed by atoms with Crippen LogP contribution in [0, 0.1) is 18.3 Å². The summed E-state index contributed by atoms with van der Waals surface area (Å²) < 4.78 is 19.2. The van der Waals surface area contributed by atoms with E-state index in [4.69, 9.17) is 4.42 Å². The van der Waals surface area contributed by atoms with Gasteiger partial charge in [0.1, 0.15) is 18.2 Å². The van der Waals surface area contributed by atoms with Crippen LogP contribution in [0.25, 0.3) is 33.2 Å². The average Bonchev–Trinajstić information content (AvgIpc) is 3.31. The molecule has 2 aromatic heterocycles. The maximum Gasteiger partial charge on any atom is 0.216 e. The zero-order chi connectivity index (χ0) is 26.3. The van der Waals surface area contributed by atoms with E-state index < -0.39 is 16.7 Å². The second-order valence-corrected chi connectivity index (χ2v) is 11.1. The molecule has 0 saturated heterocycles. The van der Waals surface area contributed by atoms with Crippen LogP contribution >= 0.6 is 0 Å². The Morgan fingerprint density at radius 1 is 0.861 bits per heavy atom. The van der Waals surface area contributed by atoms with Crippen molar-refractivity contribution in [2.24, 2.45) is 7.05 Å². The van der Waals surface area contributed by atoms with Gasteiger partial charge in [-0.1, -0.05) is 64.1 Å². The second kappa shape index (κ2) is 7.55. The summed E-state index contributed by atoms with van der Waals surface area (Å²) in [6.45, 7) is 10.6. The molecule has 3 aromatic carbocycles. The van der Waals surface area contributed by atoms with E-state index in [9.17, 15) is 6.63 Å². The summed E-state index contributed by atoms with van der Waals surface area (Å²) in [6, 6.07) is 25.0. The Bertz CT molecular complexity index is 1750. The quantitative estimate of drug-likeness (QED) is 0.248. The van der Waals surface area contributed by atoms with Crippen LogP contribution in [-0.2, 0) is 17.9 Å². The number of aryl methyl sites for hydroxylation is 2. The Kier molecular flexibility index (Phi) is 4.48. The standard InChI is InChI=1S/C33H31N2O/c1-20-14-16-22-23-17-15-21(19-34)28(30(23)36-29(22)27(20)26-13-9-10-18-35(26)6)31-32(2,3)24-11-7-8-12-25(24)33(31,4)5/h7-18,31H,1-6H3/q+1/i31D. The molecule has 0 saturated carbocycles. The molecule has 3 nitrogen and oxygen atoms in total. The first-order valence-electron chi connectivity index (χ1n) is 13.0. The third-order valence-electron chi connectivity index (χ3n) is 8.22. The molecule has 178 valence electrons. The molecular formula is C33H31N2O+. The highest BCUT2D eigenvalue weighted by molar-refractivity contribution is 6.11. The van der Waals surface area contributed by atoms with Gasteiger partial charge in [-0.2, -0.15) is 5.26 Å². The van der Waals surface area contributed by atoms with Crippen LogP contribution in [0.1, 0.15) is 62.8 Å². The predicted octanol–water partition coefficient (Wildman–Crippen LogP) is 7.61. The lowest BCUT2D eigenvalue weighted by atomic mass is 9.65. The van der Waals surface area contributed by atoms with Gasteiger partial charge in [0, 0.05) is 35.7 Å². The fourth-order valence-electron chi connectivity index (χ4n) is 6.69. The lowest BCUT2D eigenvalue weighted by molar-refractivity contribution is -0.660. The highest BCUT2D eigenvalue weighted by Gasteiger charge is 2.53. The Labute approximate surface area is 214 Å². The van der Waals surface area contributed by atoms with E-state index in [2.05, 4.69) is 75.6 Å². The first-order chi connectivity index (χ1) is 17.6. The summed E-state index contributed by atoms with van der Waals surface area (Å²) in [5.74, 6) is -1.14. The highest BCUT2D eigenvalue weighted by atomic mass is 16.3. The van der Waals surface area contributed by atoms with Crippen molar-refractivity contribution in [3.63, 3.8) is 0 Å². The number of nitriles is 1. The van der Waals surface area contributed by atoms with E-state index in [1.165, 1.54) is 0 Å². The van der Waals surface area contributed by atoms with Gasteiger partial charge < -0.3 is 4.42 Å². The van der Waals surface area contributed by atoms with Crippen LogP contribution in [0.3, 0.4) is 0 Å². The lowest BCUT2D eigenvalue weighted by Crippen LogP contribution is -2.32. The average molecular weight is 473 g/mol. The number of rotatable bonds is 2. The van der Waals surface area contributed by atoms with Crippen molar-refractivity contribution in [2.45, 2.75) is 51.3 Å². The maximum atomic E-state index is 10.3. The molecule has 0 radical (unpaired) electrons. The van der Waals surface area contributed by atoms with Crippen LogP contribution in [0.15, 0.2) is 77.3 Å². The van der Waals surface area contributed by atoms with Gasteiger partial charge in [-0.25, -0.2) is 4.57 Å². The monoisotopic (exact) mass is 472 g/mol. The molecule has 0 unspecified atom stereocenters. The van der Waals surface area contributed by atoms with E-state index in [1.54, 1.807) is 0 Å². The summed E-state index contributed by atoms with van der Waals surface area (Å²) >= 11 is 0. The number of hydrogen-bond acceptors (Lipinski definition) is 2. The predicted molar refractivity (Wildman–Crippen MR) is 145 cm³/mol. The SMILES string of the molecule is [2H]C1(c2c(C#N)ccc3c2oc2c(-c4cccc[n+]4C)c(C)ccc23)C(C)(C)c2ccccc2C1(C)C. The van der Waals surface area contributed by atoms with Gasteiger partial charge in [0.05, 0.1) is 17.2 Å². The van der Waals surface area contributed by atoms with Crippen molar-refractivity contribution >= 4 is 21.9 Å². The Balaban J connectivity index is 1.77. The smallest absolute Gasteiger partial charge is 0.216 e. The third-order valence-corrected chi connectivity index (χ3v) is 8.22. The van der Waals surface area contributed by atoms with Crippen molar-refractivity contribution in [3.05, 3.63) is 101 Å². The van der Waals surface area contributed by atoms with Crippen molar-refractivity contribution in [2.75, 3.05) is 0 Å². The maximum absolute atomic E-state index is 10.3. The first kappa shape index (κ1) is 21.4. The molecular weight excluding hydrogens is 440 g/mol. The second-order valence-electron chi connectivity index (χ2n) is 11.1. The fourth-order valence-corrected chi connectivity index (χ4v) is 6.69. The number of fused-ring (bicyclic) bond motifs is 4. The van der Waals surface area contributed by atoms with Gasteiger partial charge in [0.2, 0.25) is 5.69 Å². The number of furan rings is 1. The van der Waals surface area contributed by atoms with E-state index in [0.29, 0.717) is 16.7 Å². The lowest BCUT2D eigenvalue weighted by Gasteiger charge is -2.37. The Hall–Kier alpha value is -3.90. The van der Waals surface area contributed by atoms with Crippen LogP contribution < -0.4 is 4.57 Å². The minimum Gasteiger partial charge on any atom is -0.455 e. The van der Waals surface area contributed by atoms with Crippen LogP contribution in [0.5, 0.6) is 0 Å². The van der Waals surface area contributed by atoms with Gasteiger partial charge in [-0.15, -0.1) is 0 Å². The summed E-state index contributed by atoms with van der Waals surface area (Å²) in [7, 11) is 2.04. The van der Waals surface area contributed by atoms with E-state index in [-0.39, 0.29) is 0 Å². The summed E-state index contributed by atoms with van der Waals surface area (Å²) in [5.41, 5.74) is 7.01. The number of nitrogens with zero attached hydrogens (tertiary/aromatic N) is 2. The van der Waals surface area contributed by atoms with Crippen LogP contribution in [0.4, 0.5) is 0 Å². The van der Waals surface area contributed by atoms with Gasteiger partial charge in [0.15, 0.2) is 6.20 Å². The van der Waals surface area contributed by atoms with Crippen molar-refractivity contribution in [1.82, 2.24) is 0 Å². The van der Waals surface area contributed by atoms with Crippen molar-refractivity contribution < 1.29 is 10.4 Å². The minimum atomic E-state index is -1.14. The van der Waals surface area contributed by atoms with Crippen molar-refractivity contribution in [1.29, 1.82) is 5.26 Å². The normalized spacial score (nSPS) is 17.6. The molecule has 0 atom stereocenters. The Morgan fingerprint density at radius 2 is 1.47 bits per heavy atom. The van der Waals surface area contributed by atoms with Crippen molar-refractivity contribution in [3.8, 4) is 17.3 Å². The summed E-state index contributed by atoms with van der Waals surface area (Å²) in [6.07, 6.45) is 2.04. The Morgan fingerprint density at radius 3 is 2.11 bits per heavy atom. The van der Waals surface area contributed by atoms with Gasteiger partial charge in [0.25, 0.3) is 0 Å². The molecule has 1 aliphatic carbocycles. The minimum absolute atomic E-state index is 0.499. The molecule has 0 fully saturated rings. The molecule has 0 aliphatic heterocycles. The molecule has 5 aromatic rings. The molecule has 2 heterocycles. The zero-order valence-corrected chi connectivity index (χ0v) is 21.7. The highest BCUT2D eigenvalue weighted by Crippen LogP contribution is 2.60. The van der Waals surface area contributed by atoms with E-state index in [0.717, 1.165) is 44.3 Å². The molecule has 0 bridgehead atoms. The topological polar surface area (TPSA) is 40.8 Å². The molecule has 0 spiro atoms. The number of benzene rings is 3. The molecule has 36 heavy (non-hydrogen) atoms. The molecule has 0 amide bonds. The number of aromatic nitrogens is 1. The van der Waals surface area contributed by atoms with Gasteiger partial charge in [-0.05, 0) is 52.6 Å². The van der Waals surface area contributed by atoms with Crippen LogP contribution in [0.2, 0.25) is 0 Å². The van der Waals surface area contributed by atoms with E-state index in [1.807, 2.05) is 49.6 Å². The molecule has 6 rings (SSSR count). The summed E-state index contributed by atoms with van der Waals surface area (Å²) in [4.78, 5) is 0. The third kappa shape index (κ3) is 2.88. The zero-order valence-electron chi connectivity index (χ0n) is 22.7. The van der Waals surface area contributed by atoms with Gasteiger partial charge >= 0.3 is 0 Å². The van der Waals surface area contributed by atoms with Gasteiger partial charge in [-0.3, -0.25) is 0 Å². The number of hydrogen-bond donors (Lipinski definition) is 0. The largest absolute Gasteiger partial charge is 0.455 e. The number of pyridine rings is 1. The van der Waals surface area contributed by atoms with Crippen LogP contribution in [-0.4, -0.2) is 0 Å². The molecule has 1 aliphatic rings. The fraction of sp³-hybridized carbons (Fsp3) is 0.273. The summed E-state index contributed by atoms with van der Waals surface area (Å²) in [5, 5.41) is 12.3. The van der Waals surface area contributed by atoms with E-state index >= 15 is 0 Å². The first-order valence-corrected chi connectivity index (χ1v) is 12.5. The molecule has 3 heteroatoms.